The van der Waals surface area contributed by atoms with Gasteiger partial charge in [0.25, 0.3) is 0 Å². The predicted octanol–water partition coefficient (Wildman–Crippen LogP) is 4.24. The third kappa shape index (κ3) is 3.51. The molecule has 0 spiro atoms. The highest BCUT2D eigenvalue weighted by Gasteiger charge is 2.43. The molecule has 0 saturated heterocycles. The maximum atomic E-state index is 13.2. The van der Waals surface area contributed by atoms with E-state index in [9.17, 15) is 4.79 Å². The summed E-state index contributed by atoms with van der Waals surface area (Å²) in [6.07, 6.45) is 7.42. The first kappa shape index (κ1) is 18.2. The van der Waals surface area contributed by atoms with Gasteiger partial charge in [0, 0.05) is 11.1 Å². The number of hydrogen-bond acceptors (Lipinski definition) is 5. The number of nitrogens with one attached hydrogen (secondary N) is 1. The van der Waals surface area contributed by atoms with Gasteiger partial charge in [0.2, 0.25) is 5.91 Å². The minimum Gasteiger partial charge on any atom is -0.486 e. The third-order valence-corrected chi connectivity index (χ3v) is 6.81. The molecule has 0 bridgehead atoms. The molecular weight excluding hydrogens is 386 g/mol. The molecule has 1 aliphatic carbocycles. The fraction of sp³-hybridized carbons (Fsp3) is 0.364. The zero-order valence-electron chi connectivity index (χ0n) is 16.0. The minimum absolute atomic E-state index is 0.0724. The van der Waals surface area contributed by atoms with Gasteiger partial charge in [-0.2, -0.15) is 5.10 Å². The fourth-order valence-electron chi connectivity index (χ4n) is 4.26. The second-order valence-electron chi connectivity index (χ2n) is 7.67. The number of benzene rings is 1. The number of nitrogens with zero attached hydrogens (tertiary/aromatic N) is 2. The summed E-state index contributed by atoms with van der Waals surface area (Å²) in [5, 5.41) is 9.55. The normalized spacial score (nSPS) is 19.8. The van der Waals surface area contributed by atoms with E-state index >= 15 is 0 Å². The van der Waals surface area contributed by atoms with Crippen molar-refractivity contribution >= 4 is 22.9 Å². The predicted molar refractivity (Wildman–Crippen MR) is 112 cm³/mol. The van der Waals surface area contributed by atoms with Gasteiger partial charge in [-0.1, -0.05) is 31.0 Å². The number of thiophene rings is 1. The van der Waals surface area contributed by atoms with Gasteiger partial charge in [0.1, 0.15) is 6.61 Å². The number of ether oxygens (including phenoxy) is 2. The van der Waals surface area contributed by atoms with Crippen LogP contribution in [-0.2, 0) is 16.8 Å². The number of fused-ring (bicyclic) bond motifs is 1. The van der Waals surface area contributed by atoms with E-state index in [1.54, 1.807) is 22.2 Å². The first-order chi connectivity index (χ1) is 14.2. The lowest BCUT2D eigenvalue weighted by Crippen LogP contribution is -2.37. The van der Waals surface area contributed by atoms with Crippen molar-refractivity contribution in [3.8, 4) is 11.5 Å². The van der Waals surface area contributed by atoms with Crippen LogP contribution in [-0.4, -0.2) is 28.4 Å². The van der Waals surface area contributed by atoms with E-state index in [-0.39, 0.29) is 12.0 Å². The van der Waals surface area contributed by atoms with Crippen LogP contribution in [0.25, 0.3) is 0 Å². The Morgan fingerprint density at radius 3 is 2.83 bits per heavy atom. The molecule has 1 N–H and O–H groups in total. The van der Waals surface area contributed by atoms with Crippen molar-refractivity contribution in [2.24, 2.45) is 0 Å². The monoisotopic (exact) mass is 409 g/mol. The Morgan fingerprint density at radius 1 is 1.21 bits per heavy atom. The molecule has 7 heteroatoms. The minimum atomic E-state index is -0.402. The number of para-hydroxylation sites is 2. The summed E-state index contributed by atoms with van der Waals surface area (Å²) >= 11 is 1.67. The van der Waals surface area contributed by atoms with E-state index in [2.05, 4.69) is 16.5 Å². The molecule has 1 aliphatic heterocycles. The molecule has 6 nitrogen and oxygen atoms in total. The quantitative estimate of drug-likeness (QED) is 0.685. The van der Waals surface area contributed by atoms with Crippen LogP contribution in [0.4, 0.5) is 5.69 Å². The summed E-state index contributed by atoms with van der Waals surface area (Å²) < 4.78 is 13.6. The molecule has 2 aromatic heterocycles. The molecule has 3 heterocycles. The first-order valence-electron chi connectivity index (χ1n) is 9.99. The Morgan fingerprint density at radius 2 is 2.03 bits per heavy atom. The lowest BCUT2D eigenvalue weighted by atomic mass is 9.83. The Balaban J connectivity index is 1.25. The van der Waals surface area contributed by atoms with Gasteiger partial charge in [-0.3, -0.25) is 9.48 Å². The van der Waals surface area contributed by atoms with Gasteiger partial charge >= 0.3 is 0 Å². The Labute approximate surface area is 173 Å². The summed E-state index contributed by atoms with van der Waals surface area (Å²) in [5.74, 6) is 1.60. The number of rotatable bonds is 5. The molecule has 2 aliphatic rings. The molecule has 0 radical (unpaired) electrons. The van der Waals surface area contributed by atoms with Crippen LogP contribution in [0.5, 0.6) is 11.5 Å². The van der Waals surface area contributed by atoms with Crippen LogP contribution in [0, 0.1) is 0 Å². The van der Waals surface area contributed by atoms with Gasteiger partial charge in [0.05, 0.1) is 23.8 Å². The van der Waals surface area contributed by atoms with E-state index < -0.39 is 5.41 Å². The summed E-state index contributed by atoms with van der Waals surface area (Å²) in [4.78, 5) is 14.3. The fourth-order valence-corrected chi connectivity index (χ4v) is 5.24. The van der Waals surface area contributed by atoms with Crippen molar-refractivity contribution < 1.29 is 14.3 Å². The molecule has 3 aromatic rings. The number of amides is 1. The maximum Gasteiger partial charge on any atom is 0.235 e. The van der Waals surface area contributed by atoms with Crippen LogP contribution in [0.1, 0.15) is 30.6 Å². The molecule has 1 amide bonds. The van der Waals surface area contributed by atoms with Crippen molar-refractivity contribution in [1.82, 2.24) is 9.78 Å². The number of anilines is 1. The summed E-state index contributed by atoms with van der Waals surface area (Å²) in [7, 11) is 0. The maximum absolute atomic E-state index is 13.2. The number of carbonyl (C=O) groups excluding carboxylic acids is 1. The van der Waals surface area contributed by atoms with E-state index in [1.807, 2.05) is 41.9 Å². The van der Waals surface area contributed by atoms with Gasteiger partial charge in [-0.25, -0.2) is 0 Å². The van der Waals surface area contributed by atoms with Crippen LogP contribution >= 0.6 is 11.3 Å². The van der Waals surface area contributed by atoms with Crippen LogP contribution in [0.15, 0.2) is 54.2 Å². The van der Waals surface area contributed by atoms with Crippen molar-refractivity contribution in [3.05, 3.63) is 59.0 Å². The van der Waals surface area contributed by atoms with Gasteiger partial charge < -0.3 is 14.8 Å². The van der Waals surface area contributed by atoms with Crippen molar-refractivity contribution in [2.75, 3.05) is 11.9 Å². The molecular formula is C22H23N3O3S. The molecule has 1 fully saturated rings. The average molecular weight is 410 g/mol. The third-order valence-electron chi connectivity index (χ3n) is 5.73. The molecule has 0 unspecified atom stereocenters. The Kier molecular flexibility index (Phi) is 4.75. The smallest absolute Gasteiger partial charge is 0.235 e. The zero-order chi connectivity index (χ0) is 19.7. The lowest BCUT2D eigenvalue weighted by molar-refractivity contribution is -0.121. The molecule has 5 rings (SSSR count). The molecule has 1 atom stereocenters. The van der Waals surface area contributed by atoms with E-state index in [0.717, 1.165) is 47.7 Å². The molecule has 29 heavy (non-hydrogen) atoms. The number of aromatic nitrogens is 2. The highest BCUT2D eigenvalue weighted by molar-refractivity contribution is 7.10. The van der Waals surface area contributed by atoms with Crippen molar-refractivity contribution in [3.63, 3.8) is 0 Å². The zero-order valence-corrected chi connectivity index (χ0v) is 16.9. The topological polar surface area (TPSA) is 65.4 Å². The highest BCUT2D eigenvalue weighted by Crippen LogP contribution is 2.44. The summed E-state index contributed by atoms with van der Waals surface area (Å²) in [5.41, 5.74) is 0.315. The van der Waals surface area contributed by atoms with Crippen LogP contribution in [0.2, 0.25) is 0 Å². The van der Waals surface area contributed by atoms with Crippen molar-refractivity contribution in [1.29, 1.82) is 0 Å². The standard InChI is InChI=1S/C22H23N3O3S/c26-21(22(9-3-4-10-22)20-8-5-11-29-20)24-16-12-23-25(13-16)14-17-15-27-18-6-1-2-7-19(18)28-17/h1-2,5-8,11-13,17H,3-4,9-10,14-15H2,(H,24,26)/t17-/m0/s1. The second-order valence-corrected chi connectivity index (χ2v) is 8.62. The van der Waals surface area contributed by atoms with Crippen molar-refractivity contribution in [2.45, 2.75) is 43.7 Å². The Bertz CT molecular complexity index is 992. The number of hydrogen-bond donors (Lipinski definition) is 1. The van der Waals surface area contributed by atoms with E-state index in [4.69, 9.17) is 9.47 Å². The molecule has 1 saturated carbocycles. The summed E-state index contributed by atoms with van der Waals surface area (Å²) in [6, 6.07) is 11.8. The largest absolute Gasteiger partial charge is 0.486 e. The van der Waals surface area contributed by atoms with Gasteiger partial charge in [0.15, 0.2) is 17.6 Å². The number of carbonyl (C=O) groups is 1. The highest BCUT2D eigenvalue weighted by atomic mass is 32.1. The van der Waals surface area contributed by atoms with Crippen LogP contribution < -0.4 is 14.8 Å². The van der Waals surface area contributed by atoms with Crippen LogP contribution in [0.3, 0.4) is 0 Å². The SMILES string of the molecule is O=C(Nc1cnn(C[C@H]2COc3ccccc3O2)c1)C1(c2cccs2)CCCC1. The molecule has 150 valence electrons. The first-order valence-corrected chi connectivity index (χ1v) is 10.9. The van der Waals surface area contributed by atoms with Gasteiger partial charge in [-0.15, -0.1) is 11.3 Å². The Hall–Kier alpha value is -2.80. The molecule has 1 aromatic carbocycles. The second kappa shape index (κ2) is 7.55. The summed E-state index contributed by atoms with van der Waals surface area (Å²) in [6.45, 7) is 1.03. The van der Waals surface area contributed by atoms with E-state index in [0.29, 0.717) is 13.2 Å². The average Bonchev–Trinajstić information content (AvgIpc) is 3.50. The van der Waals surface area contributed by atoms with E-state index in [1.165, 1.54) is 0 Å². The lowest BCUT2D eigenvalue weighted by Gasteiger charge is -2.26. The van der Waals surface area contributed by atoms with Gasteiger partial charge in [-0.05, 0) is 36.4 Å².